The minimum absolute atomic E-state index is 0.692. The molecule has 0 aliphatic rings. The Hall–Kier alpha value is -3.91. The van der Waals surface area contributed by atoms with Crippen LogP contribution < -0.4 is 0 Å². The van der Waals surface area contributed by atoms with E-state index in [0.717, 1.165) is 49.6 Å². The van der Waals surface area contributed by atoms with Crippen molar-refractivity contribution in [2.75, 3.05) is 0 Å². The topological polar surface area (TPSA) is 96.0 Å². The SMILES string of the molecule is Cc1ccc(-c2nccc3[nH]c(-c4n[nH]c5cnc(-c6ccccn6)cc45)nc23)s1. The molecule has 8 heteroatoms. The molecule has 2 N–H and O–H groups in total. The normalized spacial score (nSPS) is 11.5. The van der Waals surface area contributed by atoms with Crippen LogP contribution in [0.5, 0.6) is 0 Å². The maximum absolute atomic E-state index is 4.86. The predicted molar refractivity (Wildman–Crippen MR) is 118 cm³/mol. The molecule has 0 aliphatic carbocycles. The zero-order valence-corrected chi connectivity index (χ0v) is 16.7. The van der Waals surface area contributed by atoms with E-state index < -0.39 is 0 Å². The molecule has 0 bridgehead atoms. The van der Waals surface area contributed by atoms with Crippen molar-refractivity contribution in [3.8, 4) is 33.5 Å². The number of aryl methyl sites for hydroxylation is 1. The lowest BCUT2D eigenvalue weighted by atomic mass is 10.1. The van der Waals surface area contributed by atoms with E-state index in [1.807, 2.05) is 30.3 Å². The van der Waals surface area contributed by atoms with Gasteiger partial charge in [-0.2, -0.15) is 5.10 Å². The van der Waals surface area contributed by atoms with Gasteiger partial charge in [0, 0.05) is 22.7 Å². The smallest absolute Gasteiger partial charge is 0.159 e. The number of nitrogens with one attached hydrogen (secondary N) is 2. The largest absolute Gasteiger partial charge is 0.336 e. The van der Waals surface area contributed by atoms with Gasteiger partial charge in [-0.25, -0.2) is 4.98 Å². The summed E-state index contributed by atoms with van der Waals surface area (Å²) in [7, 11) is 0. The van der Waals surface area contributed by atoms with Gasteiger partial charge in [0.15, 0.2) is 5.82 Å². The van der Waals surface area contributed by atoms with Crippen molar-refractivity contribution in [2.24, 2.45) is 0 Å². The van der Waals surface area contributed by atoms with Crippen LogP contribution in [0.1, 0.15) is 4.88 Å². The van der Waals surface area contributed by atoms with Crippen molar-refractivity contribution >= 4 is 33.3 Å². The molecule has 0 amide bonds. The third-order valence-corrected chi connectivity index (χ3v) is 5.98. The highest BCUT2D eigenvalue weighted by Crippen LogP contribution is 2.33. The van der Waals surface area contributed by atoms with E-state index in [2.05, 4.69) is 49.2 Å². The van der Waals surface area contributed by atoms with Crippen molar-refractivity contribution in [2.45, 2.75) is 6.92 Å². The molecule has 6 aromatic rings. The summed E-state index contributed by atoms with van der Waals surface area (Å²) >= 11 is 1.71. The molecule has 0 aromatic carbocycles. The number of imidazole rings is 1. The molecule has 7 nitrogen and oxygen atoms in total. The molecule has 6 heterocycles. The number of H-pyrrole nitrogens is 2. The van der Waals surface area contributed by atoms with Crippen LogP contribution in [0.2, 0.25) is 0 Å². The number of aromatic nitrogens is 7. The summed E-state index contributed by atoms with van der Waals surface area (Å²) in [5.41, 5.74) is 5.84. The average molecular weight is 409 g/mol. The Kier molecular flexibility index (Phi) is 3.72. The van der Waals surface area contributed by atoms with E-state index in [9.17, 15) is 0 Å². The third kappa shape index (κ3) is 2.69. The summed E-state index contributed by atoms with van der Waals surface area (Å²) in [6.45, 7) is 2.09. The fourth-order valence-electron chi connectivity index (χ4n) is 3.54. The van der Waals surface area contributed by atoms with Crippen LogP contribution in [0.25, 0.3) is 55.4 Å². The lowest BCUT2D eigenvalue weighted by Gasteiger charge is -2.00. The number of nitrogens with zero attached hydrogens (tertiary/aromatic N) is 5. The minimum atomic E-state index is 0.692. The van der Waals surface area contributed by atoms with Crippen LogP contribution in [-0.4, -0.2) is 35.1 Å². The molecule has 0 atom stereocenters. The molecule has 0 saturated heterocycles. The van der Waals surface area contributed by atoms with E-state index >= 15 is 0 Å². The van der Waals surface area contributed by atoms with Crippen molar-refractivity contribution in [1.29, 1.82) is 0 Å². The Morgan fingerprint density at radius 3 is 2.67 bits per heavy atom. The Balaban J connectivity index is 1.52. The zero-order valence-electron chi connectivity index (χ0n) is 15.9. The monoisotopic (exact) mass is 409 g/mol. The first-order valence-electron chi connectivity index (χ1n) is 9.44. The third-order valence-electron chi connectivity index (χ3n) is 4.97. The second-order valence-electron chi connectivity index (χ2n) is 6.95. The van der Waals surface area contributed by atoms with Gasteiger partial charge in [0.25, 0.3) is 0 Å². The van der Waals surface area contributed by atoms with Gasteiger partial charge in [-0.3, -0.25) is 20.1 Å². The summed E-state index contributed by atoms with van der Waals surface area (Å²) in [6, 6.07) is 13.9. The molecule has 0 saturated carbocycles. The second-order valence-corrected chi connectivity index (χ2v) is 8.24. The zero-order chi connectivity index (χ0) is 20.1. The van der Waals surface area contributed by atoms with Crippen LogP contribution in [0, 0.1) is 6.92 Å². The Bertz CT molecular complexity index is 1510. The van der Waals surface area contributed by atoms with Gasteiger partial charge in [0.1, 0.15) is 16.9 Å². The van der Waals surface area contributed by atoms with Gasteiger partial charge in [0.2, 0.25) is 0 Å². The van der Waals surface area contributed by atoms with E-state index in [4.69, 9.17) is 4.98 Å². The fourth-order valence-corrected chi connectivity index (χ4v) is 4.41. The Morgan fingerprint density at radius 1 is 0.867 bits per heavy atom. The summed E-state index contributed by atoms with van der Waals surface area (Å²) in [5.74, 6) is 0.692. The van der Waals surface area contributed by atoms with Crippen molar-refractivity contribution in [3.63, 3.8) is 0 Å². The molecule has 6 rings (SSSR count). The van der Waals surface area contributed by atoms with Crippen molar-refractivity contribution in [3.05, 3.63) is 65.9 Å². The maximum Gasteiger partial charge on any atom is 0.159 e. The van der Waals surface area contributed by atoms with Crippen LogP contribution in [0.15, 0.2) is 61.1 Å². The molecule has 0 fully saturated rings. The van der Waals surface area contributed by atoms with Gasteiger partial charge < -0.3 is 4.98 Å². The summed E-state index contributed by atoms with van der Waals surface area (Å²) in [6.07, 6.45) is 5.35. The van der Waals surface area contributed by atoms with Crippen LogP contribution in [0.3, 0.4) is 0 Å². The standard InChI is InChI=1S/C22H15N7S/c1-12-5-6-18(30-12)21-20-15(7-9-24-21)26-22(27-20)19-13-10-16(14-4-2-3-8-23-14)25-11-17(13)28-29-19/h2-11H,1H3,(H,26,27)(H,28,29). The van der Waals surface area contributed by atoms with E-state index in [1.165, 1.54) is 4.88 Å². The quantitative estimate of drug-likeness (QED) is 0.429. The fraction of sp³-hybridized carbons (Fsp3) is 0.0455. The van der Waals surface area contributed by atoms with E-state index in [0.29, 0.717) is 5.82 Å². The summed E-state index contributed by atoms with van der Waals surface area (Å²) in [5, 5.41) is 8.49. The first kappa shape index (κ1) is 17.0. The first-order valence-corrected chi connectivity index (χ1v) is 10.3. The van der Waals surface area contributed by atoms with E-state index in [-0.39, 0.29) is 0 Å². The maximum atomic E-state index is 4.86. The summed E-state index contributed by atoms with van der Waals surface area (Å²) in [4.78, 5) is 24.1. The molecular formula is C22H15N7S. The van der Waals surface area contributed by atoms with Crippen LogP contribution in [-0.2, 0) is 0 Å². The average Bonchev–Trinajstić information content (AvgIpc) is 3.51. The molecule has 0 aliphatic heterocycles. The summed E-state index contributed by atoms with van der Waals surface area (Å²) < 4.78 is 0. The number of fused-ring (bicyclic) bond motifs is 2. The molecule has 0 unspecified atom stereocenters. The van der Waals surface area contributed by atoms with Crippen molar-refractivity contribution in [1.82, 2.24) is 35.1 Å². The molecule has 0 radical (unpaired) electrons. The number of aromatic amines is 2. The van der Waals surface area contributed by atoms with Crippen molar-refractivity contribution < 1.29 is 0 Å². The number of hydrogen-bond donors (Lipinski definition) is 2. The molecule has 6 aromatic heterocycles. The molecule has 144 valence electrons. The Labute approximate surface area is 174 Å². The number of hydrogen-bond acceptors (Lipinski definition) is 6. The minimum Gasteiger partial charge on any atom is -0.336 e. The lowest BCUT2D eigenvalue weighted by Crippen LogP contribution is -1.87. The predicted octanol–water partition coefficient (Wildman–Crippen LogP) is 5.00. The van der Waals surface area contributed by atoms with Gasteiger partial charge in [-0.05, 0) is 43.3 Å². The molecule has 0 spiro atoms. The van der Waals surface area contributed by atoms with Crippen LogP contribution in [0.4, 0.5) is 0 Å². The Morgan fingerprint density at radius 2 is 1.83 bits per heavy atom. The second kappa shape index (κ2) is 6.57. The first-order chi connectivity index (χ1) is 14.8. The number of pyridine rings is 3. The molecular weight excluding hydrogens is 394 g/mol. The highest BCUT2D eigenvalue weighted by Gasteiger charge is 2.17. The van der Waals surface area contributed by atoms with Gasteiger partial charge >= 0.3 is 0 Å². The van der Waals surface area contributed by atoms with E-state index in [1.54, 1.807) is 29.9 Å². The highest BCUT2D eigenvalue weighted by atomic mass is 32.1. The van der Waals surface area contributed by atoms with Gasteiger partial charge in [0.05, 0.1) is 33.5 Å². The lowest BCUT2D eigenvalue weighted by molar-refractivity contribution is 1.10. The van der Waals surface area contributed by atoms with Crippen LogP contribution >= 0.6 is 11.3 Å². The molecule has 30 heavy (non-hydrogen) atoms. The van der Waals surface area contributed by atoms with Gasteiger partial charge in [-0.15, -0.1) is 11.3 Å². The number of thiophene rings is 1. The number of rotatable bonds is 3. The highest BCUT2D eigenvalue weighted by molar-refractivity contribution is 7.15. The van der Waals surface area contributed by atoms with Gasteiger partial charge in [-0.1, -0.05) is 6.07 Å².